The minimum atomic E-state index is -4.49. The van der Waals surface area contributed by atoms with Crippen molar-refractivity contribution in [2.24, 2.45) is 0 Å². The lowest BCUT2D eigenvalue weighted by Crippen LogP contribution is -2.29. The second-order valence-electron chi connectivity index (χ2n) is 18.8. The molecule has 6 N–H and O–H groups in total. The van der Waals surface area contributed by atoms with Gasteiger partial charge < -0.3 is 30.4 Å². The summed E-state index contributed by atoms with van der Waals surface area (Å²) in [4.78, 5) is 98.3. The van der Waals surface area contributed by atoms with Crippen LogP contribution in [0.15, 0.2) is 168 Å². The minimum Gasteiger partial charge on any atom is -0.457 e. The standard InChI is InChI=1S/C30H20N2O8S.C16H6O7.C12H12N2O3S.2O3S/c1-16-3-10-21(26(13-16)41(37,38)39)17-4-6-18(7-5-17)32-29(35)23-12-9-20(15-25(23)30(32)36)40-19-8-11-22-24(14-19)28(34)31(2)27(22)33;17-13-9-3-1-7(5-11(9)15(19)22-13)21-8-2-4-10-12(6-8)16(20)23-14(10)18;13-9-3-1-8(2-4-9)11-6-5-10(14)7-12(11)18(15,16)17;2*1-4(2)3/h3-15H,1-2H3,(H,37,38,39);1-6H;1-7H,13-14H2,(H,15,16,17);;. The van der Waals surface area contributed by atoms with Crippen LogP contribution in [0.1, 0.15) is 88.4 Å². The molecule has 4 aliphatic heterocycles. The molecule has 28 nitrogen and oxygen atoms in total. The molecule has 4 amide bonds. The van der Waals surface area contributed by atoms with Gasteiger partial charge in [0.2, 0.25) is 0 Å². The summed E-state index contributed by atoms with van der Waals surface area (Å²) in [5.41, 5.74) is 16.0. The molecule has 90 heavy (non-hydrogen) atoms. The molecule has 0 atom stereocenters. The van der Waals surface area contributed by atoms with E-state index in [1.165, 1.54) is 98.0 Å². The molecule has 8 aromatic carbocycles. The maximum absolute atomic E-state index is 13.3. The number of carbonyl (C=O) groups excluding carboxylic acids is 8. The highest BCUT2D eigenvalue weighted by Crippen LogP contribution is 2.37. The molecule has 4 heterocycles. The average molecular weight is 1300 g/mol. The largest absolute Gasteiger partial charge is 0.457 e. The van der Waals surface area contributed by atoms with Gasteiger partial charge in [-0.05, 0) is 139 Å². The van der Waals surface area contributed by atoms with Crippen LogP contribution < -0.4 is 25.8 Å². The number of nitrogens with two attached hydrogens (primary N) is 2. The van der Waals surface area contributed by atoms with E-state index in [0.717, 1.165) is 9.80 Å². The number of amides is 4. The van der Waals surface area contributed by atoms with Crippen molar-refractivity contribution in [3.05, 3.63) is 208 Å². The third kappa shape index (κ3) is 14.4. The number of imide groups is 2. The van der Waals surface area contributed by atoms with Gasteiger partial charge in [-0.3, -0.25) is 33.2 Å². The first-order valence-electron chi connectivity index (χ1n) is 24.9. The molecule has 0 aliphatic carbocycles. The maximum Gasteiger partial charge on any atom is 0.425 e. The summed E-state index contributed by atoms with van der Waals surface area (Å²) >= 11 is 0. The van der Waals surface area contributed by atoms with Crippen LogP contribution in [0.3, 0.4) is 0 Å². The van der Waals surface area contributed by atoms with E-state index in [1.807, 2.05) is 0 Å². The summed E-state index contributed by atoms with van der Waals surface area (Å²) in [6, 6.07) is 39.3. The SMILES string of the molecule is Cc1ccc(-c2ccc(N3C(=O)c4ccc(Oc5ccc6c(c5)C(=O)N(C)C6=O)cc4C3=O)cc2)c(S(=O)(=O)O)c1.Nc1ccc(-c2ccc(N)cc2S(=O)(=O)O)cc1.O=C1OC(=O)c2cc(Oc3ccc4c(c3)C(=O)OC4=O)ccc21.O=S(=O)=O.O=S(=O)=O. The first-order chi connectivity index (χ1) is 42.3. The highest BCUT2D eigenvalue weighted by Gasteiger charge is 2.38. The number of nitrogen functional groups attached to an aromatic ring is 2. The number of ether oxygens (including phenoxy) is 4. The quantitative estimate of drug-likeness (QED) is 0.0389. The van der Waals surface area contributed by atoms with E-state index in [-0.39, 0.29) is 94.2 Å². The lowest BCUT2D eigenvalue weighted by atomic mass is 10.0. The van der Waals surface area contributed by atoms with Crippen LogP contribution in [-0.4, -0.2) is 111 Å². The van der Waals surface area contributed by atoms with Crippen LogP contribution in [0.2, 0.25) is 0 Å². The number of nitrogens with zero attached hydrogens (tertiary/aromatic N) is 2. The Morgan fingerprint density at radius 3 is 1.16 bits per heavy atom. The van der Waals surface area contributed by atoms with Crippen LogP contribution in [0.25, 0.3) is 22.3 Å². The Balaban J connectivity index is 0.000000179. The first-order valence-corrected chi connectivity index (χ1v) is 29.8. The summed E-state index contributed by atoms with van der Waals surface area (Å²) in [6.45, 7) is 1.70. The number of rotatable bonds is 9. The van der Waals surface area contributed by atoms with Crippen LogP contribution in [-0.2, 0) is 50.9 Å². The zero-order valence-electron chi connectivity index (χ0n) is 45.6. The fourth-order valence-electron chi connectivity index (χ4n) is 8.97. The maximum atomic E-state index is 13.3. The zero-order valence-corrected chi connectivity index (χ0v) is 48.8. The summed E-state index contributed by atoms with van der Waals surface area (Å²) in [6.07, 6.45) is 0. The monoisotopic (exact) mass is 1300 g/mol. The Kier molecular flexibility index (Phi) is 18.6. The van der Waals surface area contributed by atoms with Gasteiger partial charge in [-0.25, -0.2) is 24.1 Å². The zero-order chi connectivity index (χ0) is 65.8. The third-order valence-electron chi connectivity index (χ3n) is 13.0. The van der Waals surface area contributed by atoms with E-state index in [9.17, 15) is 64.3 Å². The Hall–Kier alpha value is -11.4. The number of aryl methyl sites for hydroxylation is 1. The van der Waals surface area contributed by atoms with Gasteiger partial charge >= 0.3 is 45.1 Å². The number of carbonyl (C=O) groups is 8. The molecule has 12 rings (SSSR count). The second kappa shape index (κ2) is 25.9. The molecular formula is C58H38N4O24S4. The first kappa shape index (κ1) is 64.6. The summed E-state index contributed by atoms with van der Waals surface area (Å²) < 4.78 is 136. The molecule has 0 fully saturated rings. The van der Waals surface area contributed by atoms with Gasteiger partial charge in [0.05, 0.1) is 50.2 Å². The molecule has 0 radical (unpaired) electrons. The van der Waals surface area contributed by atoms with Gasteiger partial charge in [-0.2, -0.15) is 16.8 Å². The van der Waals surface area contributed by atoms with E-state index in [1.54, 1.807) is 73.7 Å². The van der Waals surface area contributed by atoms with Gasteiger partial charge in [0.1, 0.15) is 32.8 Å². The molecular weight excluding hydrogens is 1260 g/mol. The molecule has 32 heteroatoms. The molecule has 0 unspecified atom stereocenters. The van der Waals surface area contributed by atoms with Crippen molar-refractivity contribution in [3.63, 3.8) is 0 Å². The highest BCUT2D eigenvalue weighted by molar-refractivity contribution is 7.86. The normalized spacial score (nSPS) is 13.3. The third-order valence-corrected chi connectivity index (χ3v) is 14.8. The number of benzene rings is 8. The van der Waals surface area contributed by atoms with Gasteiger partial charge in [0.25, 0.3) is 43.9 Å². The van der Waals surface area contributed by atoms with Crippen molar-refractivity contribution in [2.45, 2.75) is 16.7 Å². The van der Waals surface area contributed by atoms with Crippen molar-refractivity contribution in [3.8, 4) is 45.3 Å². The second-order valence-corrected chi connectivity index (χ2v) is 22.4. The van der Waals surface area contributed by atoms with Crippen molar-refractivity contribution < 1.29 is 108 Å². The molecule has 0 bridgehead atoms. The van der Waals surface area contributed by atoms with E-state index >= 15 is 0 Å². The number of hydrogen-bond acceptors (Lipinski definition) is 24. The van der Waals surface area contributed by atoms with Gasteiger partial charge in [-0.15, -0.1) is 25.3 Å². The predicted molar refractivity (Wildman–Crippen MR) is 309 cm³/mol. The molecule has 4 aliphatic rings. The number of anilines is 3. The number of fused-ring (bicyclic) bond motifs is 4. The Labute approximate surface area is 510 Å². The summed E-state index contributed by atoms with van der Waals surface area (Å²) in [7, 11) is -13.6. The van der Waals surface area contributed by atoms with E-state index in [0.29, 0.717) is 27.9 Å². The Bertz CT molecular complexity index is 4790. The molecule has 8 aromatic rings. The van der Waals surface area contributed by atoms with Crippen molar-refractivity contribution in [1.29, 1.82) is 0 Å². The fourth-order valence-corrected chi connectivity index (χ4v) is 10.5. The lowest BCUT2D eigenvalue weighted by molar-refractivity contribution is 0.0425. The van der Waals surface area contributed by atoms with Gasteiger partial charge in [-0.1, -0.05) is 42.5 Å². The number of cyclic esters (lactones) is 4. The van der Waals surface area contributed by atoms with E-state index < -0.39 is 89.0 Å². The van der Waals surface area contributed by atoms with Gasteiger partial charge in [0.15, 0.2) is 0 Å². The Morgan fingerprint density at radius 2 is 0.711 bits per heavy atom. The summed E-state index contributed by atoms with van der Waals surface area (Å²) in [5.74, 6) is -3.72. The molecule has 458 valence electrons. The van der Waals surface area contributed by atoms with E-state index in [2.05, 4.69) is 9.47 Å². The fraction of sp³-hybridized carbons (Fsp3) is 0.0345. The Morgan fingerprint density at radius 1 is 0.389 bits per heavy atom. The van der Waals surface area contributed by atoms with Crippen LogP contribution in [0, 0.1) is 6.92 Å². The molecule has 0 saturated carbocycles. The molecule has 0 saturated heterocycles. The van der Waals surface area contributed by atoms with Crippen LogP contribution in [0.4, 0.5) is 17.1 Å². The minimum absolute atomic E-state index is 0.114. The molecule has 0 spiro atoms. The van der Waals surface area contributed by atoms with Crippen LogP contribution >= 0.6 is 0 Å². The average Bonchev–Trinajstić information content (AvgIpc) is 1.58. The highest BCUT2D eigenvalue weighted by atomic mass is 32.2. The van der Waals surface area contributed by atoms with Crippen molar-refractivity contribution in [1.82, 2.24) is 4.90 Å². The lowest BCUT2D eigenvalue weighted by Gasteiger charge is -2.15. The molecule has 0 aromatic heterocycles. The van der Waals surface area contributed by atoms with Crippen LogP contribution in [0.5, 0.6) is 23.0 Å². The van der Waals surface area contributed by atoms with Crippen molar-refractivity contribution in [2.75, 3.05) is 23.4 Å². The number of hydrogen-bond donors (Lipinski definition) is 4. The predicted octanol–water partition coefficient (Wildman–Crippen LogP) is 6.58. The van der Waals surface area contributed by atoms with Crippen molar-refractivity contribution >= 4 is 106 Å². The smallest absolute Gasteiger partial charge is 0.425 e. The van der Waals surface area contributed by atoms with E-state index in [4.69, 9.17) is 46.2 Å². The van der Waals surface area contributed by atoms with Gasteiger partial charge in [0, 0.05) is 29.5 Å². The topological polar surface area (TPSA) is 443 Å². The number of esters is 4. The summed E-state index contributed by atoms with van der Waals surface area (Å²) in [5, 5.41) is 0.